The third-order valence-corrected chi connectivity index (χ3v) is 14.0. The van der Waals surface area contributed by atoms with Gasteiger partial charge in [0.25, 0.3) is 0 Å². The second-order valence-electron chi connectivity index (χ2n) is 20.7. The second-order valence-corrected chi connectivity index (χ2v) is 20.7. The van der Waals surface area contributed by atoms with Crippen molar-refractivity contribution in [2.75, 3.05) is 13.2 Å². The lowest BCUT2D eigenvalue weighted by Gasteiger charge is -2.20. The van der Waals surface area contributed by atoms with Gasteiger partial charge in [0.05, 0.1) is 25.4 Å². The van der Waals surface area contributed by atoms with Crippen molar-refractivity contribution in [1.29, 1.82) is 0 Å². The van der Waals surface area contributed by atoms with E-state index in [1.807, 2.05) is 6.08 Å². The zero-order valence-corrected chi connectivity index (χ0v) is 45.1. The summed E-state index contributed by atoms with van der Waals surface area (Å²) in [7, 11) is 0. The molecule has 0 fully saturated rings. The van der Waals surface area contributed by atoms with E-state index in [1.165, 1.54) is 257 Å². The molecule has 0 aromatic rings. The Kier molecular flexibility index (Phi) is 55.5. The molecule has 0 aromatic carbocycles. The zero-order chi connectivity index (χ0) is 48.6. The smallest absolute Gasteiger partial charge is 0.305 e. The monoisotopic (exact) mass is 944 g/mol. The molecule has 2 unspecified atom stereocenters. The van der Waals surface area contributed by atoms with E-state index in [0.29, 0.717) is 19.4 Å². The van der Waals surface area contributed by atoms with Gasteiger partial charge in [-0.2, -0.15) is 0 Å². The fourth-order valence-electron chi connectivity index (χ4n) is 9.34. The maximum atomic E-state index is 12.4. The number of hydrogen-bond donors (Lipinski definition) is 3. The van der Waals surface area contributed by atoms with Crippen LogP contribution in [0.15, 0.2) is 24.3 Å². The van der Waals surface area contributed by atoms with Crippen molar-refractivity contribution < 1.29 is 24.5 Å². The Bertz CT molecular complexity index is 1040. The van der Waals surface area contributed by atoms with E-state index in [-0.39, 0.29) is 18.5 Å². The van der Waals surface area contributed by atoms with Crippen LogP contribution in [0.4, 0.5) is 0 Å². The largest absolute Gasteiger partial charge is 0.466 e. The van der Waals surface area contributed by atoms with E-state index < -0.39 is 12.1 Å². The Hall–Kier alpha value is -1.66. The van der Waals surface area contributed by atoms with Crippen LogP contribution in [0.1, 0.15) is 328 Å². The summed E-state index contributed by atoms with van der Waals surface area (Å²) in [5.74, 6) is -0.0604. The van der Waals surface area contributed by atoms with Crippen molar-refractivity contribution in [3.63, 3.8) is 0 Å². The van der Waals surface area contributed by atoms with Crippen LogP contribution in [-0.4, -0.2) is 47.4 Å². The molecule has 0 aliphatic rings. The van der Waals surface area contributed by atoms with Gasteiger partial charge >= 0.3 is 5.97 Å². The highest BCUT2D eigenvalue weighted by atomic mass is 16.5. The van der Waals surface area contributed by atoms with Crippen LogP contribution in [0.3, 0.4) is 0 Å². The van der Waals surface area contributed by atoms with Crippen LogP contribution < -0.4 is 5.32 Å². The predicted molar refractivity (Wildman–Crippen MR) is 292 cm³/mol. The summed E-state index contributed by atoms with van der Waals surface area (Å²) in [5.41, 5.74) is 0. The van der Waals surface area contributed by atoms with Gasteiger partial charge in [0.15, 0.2) is 0 Å². The summed E-state index contributed by atoms with van der Waals surface area (Å²) >= 11 is 0. The van der Waals surface area contributed by atoms with Crippen LogP contribution in [-0.2, 0) is 14.3 Å². The minimum absolute atomic E-state index is 0.0133. The molecule has 0 aromatic heterocycles. The van der Waals surface area contributed by atoms with Gasteiger partial charge in [-0.25, -0.2) is 0 Å². The molecule has 0 aliphatic carbocycles. The van der Waals surface area contributed by atoms with Crippen LogP contribution in [0.2, 0.25) is 0 Å². The van der Waals surface area contributed by atoms with E-state index >= 15 is 0 Å². The van der Waals surface area contributed by atoms with E-state index in [1.54, 1.807) is 6.08 Å². The fraction of sp³-hybridized carbons (Fsp3) is 0.902. The lowest BCUT2D eigenvalue weighted by atomic mass is 10.0. The number of allylic oxidation sites excluding steroid dienone is 3. The van der Waals surface area contributed by atoms with Crippen molar-refractivity contribution in [2.24, 2.45) is 0 Å². The Labute approximate surface area is 418 Å². The molecule has 2 atom stereocenters. The maximum Gasteiger partial charge on any atom is 0.305 e. The first-order chi connectivity index (χ1) is 33.0. The number of unbranched alkanes of at least 4 members (excludes halogenated alkanes) is 43. The average molecular weight is 945 g/mol. The normalized spacial score (nSPS) is 12.7. The zero-order valence-electron chi connectivity index (χ0n) is 45.1. The van der Waals surface area contributed by atoms with E-state index in [9.17, 15) is 19.8 Å². The maximum absolute atomic E-state index is 12.4. The number of amides is 1. The third-order valence-electron chi connectivity index (χ3n) is 14.0. The van der Waals surface area contributed by atoms with Gasteiger partial charge < -0.3 is 20.3 Å². The summed E-state index contributed by atoms with van der Waals surface area (Å²) in [6, 6.07) is -0.631. The molecule has 0 heterocycles. The van der Waals surface area contributed by atoms with Gasteiger partial charge in [0, 0.05) is 12.8 Å². The number of ether oxygens (including phenoxy) is 1. The molecule has 0 aliphatic heterocycles. The minimum Gasteiger partial charge on any atom is -0.466 e. The minimum atomic E-state index is -0.847. The Morgan fingerprint density at radius 2 is 0.701 bits per heavy atom. The van der Waals surface area contributed by atoms with Crippen molar-refractivity contribution in [2.45, 2.75) is 341 Å². The van der Waals surface area contributed by atoms with Crippen molar-refractivity contribution in [3.05, 3.63) is 24.3 Å². The fourth-order valence-corrected chi connectivity index (χ4v) is 9.34. The van der Waals surface area contributed by atoms with Crippen molar-refractivity contribution in [1.82, 2.24) is 5.32 Å². The summed E-state index contributed by atoms with van der Waals surface area (Å²) in [6.45, 7) is 4.91. The number of aliphatic hydroxyl groups excluding tert-OH is 2. The first-order valence-electron chi connectivity index (χ1n) is 30.1. The van der Waals surface area contributed by atoms with Gasteiger partial charge in [-0.3, -0.25) is 9.59 Å². The number of rotatable bonds is 56. The van der Waals surface area contributed by atoms with Crippen LogP contribution in [0.25, 0.3) is 0 Å². The van der Waals surface area contributed by atoms with Crippen LogP contribution in [0.5, 0.6) is 0 Å². The Morgan fingerprint density at radius 3 is 1.06 bits per heavy atom. The molecule has 396 valence electrons. The van der Waals surface area contributed by atoms with Crippen LogP contribution in [0, 0.1) is 0 Å². The first kappa shape index (κ1) is 65.3. The Balaban J connectivity index is 3.41. The summed E-state index contributed by atoms with van der Waals surface area (Å²) in [4.78, 5) is 24.5. The molecule has 6 heteroatoms. The lowest BCUT2D eigenvalue weighted by Crippen LogP contribution is -2.45. The van der Waals surface area contributed by atoms with Gasteiger partial charge in [-0.1, -0.05) is 282 Å². The summed E-state index contributed by atoms with van der Waals surface area (Å²) < 4.78 is 5.48. The number of carbonyl (C=O) groups is 2. The van der Waals surface area contributed by atoms with Gasteiger partial charge in [-0.15, -0.1) is 0 Å². The third kappa shape index (κ3) is 53.5. The van der Waals surface area contributed by atoms with E-state index in [0.717, 1.165) is 44.9 Å². The highest BCUT2D eigenvalue weighted by Gasteiger charge is 2.18. The lowest BCUT2D eigenvalue weighted by molar-refractivity contribution is -0.143. The van der Waals surface area contributed by atoms with Gasteiger partial charge in [0.2, 0.25) is 5.91 Å². The predicted octanol–water partition coefficient (Wildman–Crippen LogP) is 18.6. The first-order valence-corrected chi connectivity index (χ1v) is 30.1. The molecular formula is C61H117NO5. The highest BCUT2D eigenvalue weighted by Crippen LogP contribution is 2.17. The molecule has 0 radical (unpaired) electrons. The number of aliphatic hydroxyl groups is 2. The number of carbonyl (C=O) groups excluding carboxylic acids is 2. The molecule has 0 saturated heterocycles. The SMILES string of the molecule is CCCCCCCCCCCCC/C=C/C(O)C(CO)NC(=O)CCCCCCCCC/C=C\CCCCCCCCCCCCCCOC(=O)CCCCCCCCCCCCCCCC. The Morgan fingerprint density at radius 1 is 0.403 bits per heavy atom. The number of nitrogens with one attached hydrogen (secondary N) is 1. The second kappa shape index (κ2) is 56.9. The topological polar surface area (TPSA) is 95.9 Å². The van der Waals surface area contributed by atoms with Crippen molar-refractivity contribution >= 4 is 11.9 Å². The molecular weight excluding hydrogens is 827 g/mol. The standard InChI is InChI=1S/C61H117NO5/c1-3-5-7-9-11-13-15-17-31-35-39-43-47-51-55-61(66)67-56-52-48-44-40-36-32-28-26-24-22-20-18-19-21-23-25-27-30-34-38-42-46-50-54-60(65)62-58(57-63)59(64)53-49-45-41-37-33-29-16-14-12-10-8-6-4-2/h21,23,49,53,58-59,63-64H,3-20,22,24-48,50-52,54-57H2,1-2H3,(H,62,65)/b23-21-,53-49+. The number of hydrogen-bond acceptors (Lipinski definition) is 5. The molecule has 0 bridgehead atoms. The van der Waals surface area contributed by atoms with Gasteiger partial charge in [0.1, 0.15) is 0 Å². The van der Waals surface area contributed by atoms with Crippen molar-refractivity contribution in [3.8, 4) is 0 Å². The molecule has 0 rings (SSSR count). The highest BCUT2D eigenvalue weighted by molar-refractivity contribution is 5.76. The summed E-state index contributed by atoms with van der Waals surface area (Å²) in [5, 5.41) is 23.1. The molecule has 67 heavy (non-hydrogen) atoms. The summed E-state index contributed by atoms with van der Waals surface area (Å²) in [6.07, 6.45) is 69.3. The quantitative estimate of drug-likeness (QED) is 0.0321. The van der Waals surface area contributed by atoms with E-state index in [2.05, 4.69) is 31.3 Å². The molecule has 3 N–H and O–H groups in total. The molecule has 1 amide bonds. The molecule has 0 spiro atoms. The number of esters is 1. The van der Waals surface area contributed by atoms with Crippen LogP contribution >= 0.6 is 0 Å². The van der Waals surface area contributed by atoms with Gasteiger partial charge in [-0.05, 0) is 57.8 Å². The molecule has 0 saturated carbocycles. The average Bonchev–Trinajstić information content (AvgIpc) is 3.33. The molecule has 6 nitrogen and oxygen atoms in total. The van der Waals surface area contributed by atoms with E-state index in [4.69, 9.17) is 4.74 Å².